The zero-order valence-corrected chi connectivity index (χ0v) is 18.5. The molecule has 8 nitrogen and oxygen atoms in total. The van der Waals surface area contributed by atoms with Gasteiger partial charge in [-0.2, -0.15) is 0 Å². The summed E-state index contributed by atoms with van der Waals surface area (Å²) in [4.78, 5) is 38.0. The highest BCUT2D eigenvalue weighted by molar-refractivity contribution is 5.84. The summed E-state index contributed by atoms with van der Waals surface area (Å²) in [6.07, 6.45) is -0.0732. The zero-order chi connectivity index (χ0) is 23.4. The summed E-state index contributed by atoms with van der Waals surface area (Å²) in [6.45, 7) is 2.53. The number of nitrogens with zero attached hydrogens (tertiary/aromatic N) is 1. The Morgan fingerprint density at radius 3 is 2.36 bits per heavy atom. The van der Waals surface area contributed by atoms with Crippen LogP contribution >= 0.6 is 0 Å². The van der Waals surface area contributed by atoms with Crippen LogP contribution in [0.2, 0.25) is 0 Å². The number of benzene rings is 2. The second-order valence-corrected chi connectivity index (χ2v) is 8.30. The number of carbonyl (C=O) groups excluding carboxylic acids is 2. The number of morpholine rings is 1. The van der Waals surface area contributed by atoms with Crippen LogP contribution in [-0.2, 0) is 19.1 Å². The molecule has 0 spiro atoms. The van der Waals surface area contributed by atoms with Crippen molar-refractivity contribution in [3.05, 3.63) is 59.7 Å². The Morgan fingerprint density at radius 1 is 1.12 bits per heavy atom. The van der Waals surface area contributed by atoms with Crippen LogP contribution in [-0.4, -0.2) is 66.4 Å². The minimum Gasteiger partial charge on any atom is -0.480 e. The highest BCUT2D eigenvalue weighted by atomic mass is 16.5. The fourth-order valence-electron chi connectivity index (χ4n) is 4.54. The summed E-state index contributed by atoms with van der Waals surface area (Å²) in [5.41, 5.74) is 4.55. The molecule has 4 rings (SSSR count). The van der Waals surface area contributed by atoms with Crippen LogP contribution in [0, 0.1) is 0 Å². The first-order valence-corrected chi connectivity index (χ1v) is 11.2. The van der Waals surface area contributed by atoms with E-state index in [1.807, 2.05) is 31.2 Å². The minimum atomic E-state index is -1.10. The van der Waals surface area contributed by atoms with Gasteiger partial charge < -0.3 is 24.8 Å². The van der Waals surface area contributed by atoms with Gasteiger partial charge in [0.2, 0.25) is 5.91 Å². The lowest BCUT2D eigenvalue weighted by Crippen LogP contribution is -2.53. The summed E-state index contributed by atoms with van der Waals surface area (Å²) < 4.78 is 10.8. The molecule has 0 radical (unpaired) electrons. The number of fused-ring (bicyclic) bond motifs is 3. The molecule has 174 valence electrons. The Bertz CT molecular complexity index is 994. The number of carboxylic acid groups (broad SMARTS) is 1. The Morgan fingerprint density at radius 2 is 1.76 bits per heavy atom. The molecular weight excluding hydrogens is 424 g/mol. The van der Waals surface area contributed by atoms with Gasteiger partial charge in [0, 0.05) is 24.9 Å². The maximum Gasteiger partial charge on any atom is 0.407 e. The van der Waals surface area contributed by atoms with E-state index in [1.165, 1.54) is 4.90 Å². The quantitative estimate of drug-likeness (QED) is 0.669. The maximum absolute atomic E-state index is 12.7. The van der Waals surface area contributed by atoms with Gasteiger partial charge in [-0.15, -0.1) is 0 Å². The van der Waals surface area contributed by atoms with E-state index >= 15 is 0 Å². The Kier molecular flexibility index (Phi) is 6.93. The fourth-order valence-corrected chi connectivity index (χ4v) is 4.54. The average molecular weight is 453 g/mol. The molecule has 1 fully saturated rings. The second-order valence-electron chi connectivity index (χ2n) is 8.30. The van der Waals surface area contributed by atoms with E-state index in [0.717, 1.165) is 22.3 Å². The minimum absolute atomic E-state index is 0.00444. The highest BCUT2D eigenvalue weighted by Crippen LogP contribution is 2.44. The van der Waals surface area contributed by atoms with Gasteiger partial charge in [-0.05, 0) is 28.7 Å². The van der Waals surface area contributed by atoms with Crippen LogP contribution in [0.15, 0.2) is 48.5 Å². The van der Waals surface area contributed by atoms with Gasteiger partial charge >= 0.3 is 12.1 Å². The topological polar surface area (TPSA) is 105 Å². The van der Waals surface area contributed by atoms with Gasteiger partial charge in [-0.1, -0.05) is 55.5 Å². The predicted molar refractivity (Wildman–Crippen MR) is 121 cm³/mol. The number of aliphatic carboxylic acids is 1. The maximum atomic E-state index is 12.7. The molecular formula is C25H28N2O6. The summed E-state index contributed by atoms with van der Waals surface area (Å²) in [7, 11) is 0. The number of carboxylic acids is 1. The van der Waals surface area contributed by atoms with Crippen molar-refractivity contribution >= 4 is 18.0 Å². The molecule has 2 aromatic carbocycles. The summed E-state index contributed by atoms with van der Waals surface area (Å²) in [5, 5.41) is 12.1. The SMILES string of the molecule is CCC(CC(=O)N1CCOCC1C(=O)O)NC(=O)OCC1c2ccccc2-c2ccccc21. The average Bonchev–Trinajstić information content (AvgIpc) is 3.16. The van der Waals surface area contributed by atoms with E-state index in [2.05, 4.69) is 29.6 Å². The molecule has 8 heteroatoms. The number of carbonyl (C=O) groups is 3. The van der Waals surface area contributed by atoms with Crippen molar-refractivity contribution in [2.75, 3.05) is 26.4 Å². The zero-order valence-electron chi connectivity index (χ0n) is 18.5. The van der Waals surface area contributed by atoms with E-state index in [4.69, 9.17) is 9.47 Å². The van der Waals surface area contributed by atoms with Gasteiger partial charge in [-0.3, -0.25) is 4.79 Å². The standard InChI is InChI=1S/C25H28N2O6/c1-2-16(13-23(28)27-11-12-32-15-22(27)24(29)30)26-25(31)33-14-21-19-9-5-3-7-17(19)18-8-4-6-10-20(18)21/h3-10,16,21-22H,2,11-15H2,1H3,(H,26,31)(H,29,30). The number of amides is 2. The number of alkyl carbamates (subject to hydrolysis) is 1. The molecule has 2 aromatic rings. The molecule has 1 aliphatic carbocycles. The van der Waals surface area contributed by atoms with E-state index in [-0.39, 0.29) is 38.0 Å². The fraction of sp³-hybridized carbons (Fsp3) is 0.400. The van der Waals surface area contributed by atoms with Gasteiger partial charge in [0.1, 0.15) is 6.61 Å². The molecule has 33 heavy (non-hydrogen) atoms. The van der Waals surface area contributed by atoms with E-state index < -0.39 is 24.1 Å². The number of nitrogens with one attached hydrogen (secondary N) is 1. The first kappa shape index (κ1) is 22.8. The molecule has 2 atom stereocenters. The predicted octanol–water partition coefficient (Wildman–Crippen LogP) is 3.01. The molecule has 1 saturated heterocycles. The van der Waals surface area contributed by atoms with E-state index in [0.29, 0.717) is 13.0 Å². The number of hydrogen-bond acceptors (Lipinski definition) is 5. The van der Waals surface area contributed by atoms with E-state index in [9.17, 15) is 19.5 Å². The van der Waals surface area contributed by atoms with Crippen molar-refractivity contribution in [2.24, 2.45) is 0 Å². The van der Waals surface area contributed by atoms with Crippen LogP contribution in [0.1, 0.15) is 36.8 Å². The Hall–Kier alpha value is -3.39. The smallest absolute Gasteiger partial charge is 0.407 e. The monoisotopic (exact) mass is 452 g/mol. The number of hydrogen-bond donors (Lipinski definition) is 2. The van der Waals surface area contributed by atoms with Crippen molar-refractivity contribution in [3.63, 3.8) is 0 Å². The van der Waals surface area contributed by atoms with E-state index in [1.54, 1.807) is 0 Å². The Labute approximate surface area is 192 Å². The number of rotatable bonds is 7. The van der Waals surface area contributed by atoms with Gasteiger partial charge in [0.25, 0.3) is 0 Å². The molecule has 0 aromatic heterocycles. The van der Waals surface area contributed by atoms with Crippen LogP contribution in [0.5, 0.6) is 0 Å². The lowest BCUT2D eigenvalue weighted by Gasteiger charge is -2.33. The largest absolute Gasteiger partial charge is 0.480 e. The van der Waals surface area contributed by atoms with Crippen molar-refractivity contribution in [1.29, 1.82) is 0 Å². The molecule has 0 saturated carbocycles. The molecule has 2 aliphatic rings. The van der Waals surface area contributed by atoms with Gasteiger partial charge in [0.15, 0.2) is 6.04 Å². The summed E-state index contributed by atoms with van der Waals surface area (Å²) >= 11 is 0. The summed E-state index contributed by atoms with van der Waals surface area (Å²) in [5.74, 6) is -1.47. The third-order valence-corrected chi connectivity index (χ3v) is 6.31. The molecule has 1 aliphatic heterocycles. The van der Waals surface area contributed by atoms with Gasteiger partial charge in [-0.25, -0.2) is 9.59 Å². The van der Waals surface area contributed by atoms with Crippen molar-refractivity contribution in [2.45, 2.75) is 37.8 Å². The van der Waals surface area contributed by atoms with Crippen LogP contribution < -0.4 is 5.32 Å². The second kappa shape index (κ2) is 10.0. The lowest BCUT2D eigenvalue weighted by atomic mass is 9.98. The Balaban J connectivity index is 1.35. The molecule has 0 bridgehead atoms. The van der Waals surface area contributed by atoms with Crippen molar-refractivity contribution < 1.29 is 29.0 Å². The highest BCUT2D eigenvalue weighted by Gasteiger charge is 2.34. The number of ether oxygens (including phenoxy) is 2. The van der Waals surface area contributed by atoms with Crippen LogP contribution in [0.4, 0.5) is 4.79 Å². The first-order valence-electron chi connectivity index (χ1n) is 11.2. The third-order valence-electron chi connectivity index (χ3n) is 6.31. The van der Waals surface area contributed by atoms with Crippen LogP contribution in [0.25, 0.3) is 11.1 Å². The molecule has 1 heterocycles. The summed E-state index contributed by atoms with van der Waals surface area (Å²) in [6, 6.07) is 14.7. The lowest BCUT2D eigenvalue weighted by molar-refractivity contribution is -0.158. The molecule has 2 N–H and O–H groups in total. The van der Waals surface area contributed by atoms with Crippen molar-refractivity contribution in [1.82, 2.24) is 10.2 Å². The van der Waals surface area contributed by atoms with Gasteiger partial charge in [0.05, 0.1) is 13.2 Å². The molecule has 2 unspecified atom stereocenters. The normalized spacial score (nSPS) is 18.2. The molecule has 2 amide bonds. The first-order chi connectivity index (χ1) is 16.0. The van der Waals surface area contributed by atoms with Crippen LogP contribution in [0.3, 0.4) is 0 Å². The van der Waals surface area contributed by atoms with Crippen molar-refractivity contribution in [3.8, 4) is 11.1 Å². The third kappa shape index (κ3) is 4.85.